The quantitative estimate of drug-likeness (QED) is 0.741. The third-order valence-electron chi connectivity index (χ3n) is 2.65. The molecule has 0 aliphatic heterocycles. The summed E-state index contributed by atoms with van der Waals surface area (Å²) in [6, 6.07) is 3.20. The first-order chi connectivity index (χ1) is 10.0. The number of rotatable bonds is 7. The lowest BCUT2D eigenvalue weighted by Crippen LogP contribution is -2.27. The average molecular weight is 311 g/mol. The van der Waals surface area contributed by atoms with Crippen LogP contribution in [0.25, 0.3) is 0 Å². The van der Waals surface area contributed by atoms with Gasteiger partial charge in [-0.05, 0) is 25.6 Å². The van der Waals surface area contributed by atoms with E-state index < -0.39 is 10.0 Å². The molecule has 0 spiro atoms. The molecule has 2 N–H and O–H groups in total. The fourth-order valence-corrected chi connectivity index (χ4v) is 2.64. The van der Waals surface area contributed by atoms with Gasteiger partial charge in [-0.2, -0.15) is 4.98 Å². The molecule has 2 aromatic heterocycles. The molecule has 2 aromatic rings. The largest absolute Gasteiger partial charge is 0.339 e. The summed E-state index contributed by atoms with van der Waals surface area (Å²) < 4.78 is 31.4. The van der Waals surface area contributed by atoms with Crippen LogP contribution in [0.5, 0.6) is 0 Å². The van der Waals surface area contributed by atoms with Gasteiger partial charge in [-0.15, -0.1) is 0 Å². The standard InChI is InChI=1S/C12H17N5O3S/c1-9-16-11(20-17-9)5-6-15-21(18,19)12-4-3-10(7-13-2)8-14-12/h3-4,8,13,15H,5-7H2,1-2H3. The van der Waals surface area contributed by atoms with Crippen LogP contribution < -0.4 is 10.0 Å². The van der Waals surface area contributed by atoms with E-state index in [1.165, 1.54) is 12.3 Å². The molecule has 0 aliphatic rings. The number of nitrogens with one attached hydrogen (secondary N) is 2. The third-order valence-corrected chi connectivity index (χ3v) is 4.03. The molecule has 0 atom stereocenters. The van der Waals surface area contributed by atoms with Crippen LogP contribution in [0.2, 0.25) is 0 Å². The maximum Gasteiger partial charge on any atom is 0.258 e. The molecule has 2 rings (SSSR count). The first kappa shape index (κ1) is 15.5. The second-order valence-corrected chi connectivity index (χ2v) is 6.13. The summed E-state index contributed by atoms with van der Waals surface area (Å²) in [4.78, 5) is 7.96. The maximum absolute atomic E-state index is 12.0. The van der Waals surface area contributed by atoms with E-state index in [1.807, 2.05) is 7.05 Å². The molecule has 0 aliphatic carbocycles. The van der Waals surface area contributed by atoms with Gasteiger partial charge < -0.3 is 9.84 Å². The fraction of sp³-hybridized carbons (Fsp3) is 0.417. The van der Waals surface area contributed by atoms with E-state index in [2.05, 4.69) is 25.2 Å². The lowest BCUT2D eigenvalue weighted by molar-refractivity contribution is 0.375. The summed E-state index contributed by atoms with van der Waals surface area (Å²) >= 11 is 0. The summed E-state index contributed by atoms with van der Waals surface area (Å²) in [7, 11) is -1.82. The van der Waals surface area contributed by atoms with E-state index in [-0.39, 0.29) is 11.6 Å². The van der Waals surface area contributed by atoms with Crippen molar-refractivity contribution >= 4 is 10.0 Å². The first-order valence-corrected chi connectivity index (χ1v) is 7.88. The molecule has 0 bridgehead atoms. The second kappa shape index (κ2) is 6.74. The Balaban J connectivity index is 1.94. The van der Waals surface area contributed by atoms with Crippen LogP contribution >= 0.6 is 0 Å². The summed E-state index contributed by atoms with van der Waals surface area (Å²) in [5.41, 5.74) is 0.915. The smallest absolute Gasteiger partial charge is 0.258 e. The molecule has 0 unspecified atom stereocenters. The zero-order valence-electron chi connectivity index (χ0n) is 11.8. The van der Waals surface area contributed by atoms with Gasteiger partial charge in [0.2, 0.25) is 5.89 Å². The minimum absolute atomic E-state index is 0.0101. The summed E-state index contributed by atoms with van der Waals surface area (Å²) in [6.07, 6.45) is 1.87. The van der Waals surface area contributed by atoms with Crippen LogP contribution in [0.1, 0.15) is 17.3 Å². The van der Waals surface area contributed by atoms with E-state index in [4.69, 9.17) is 4.52 Å². The van der Waals surface area contributed by atoms with Crippen molar-refractivity contribution in [3.63, 3.8) is 0 Å². The third kappa shape index (κ3) is 4.31. The molecule has 2 heterocycles. The van der Waals surface area contributed by atoms with Crippen molar-refractivity contribution in [2.45, 2.75) is 24.9 Å². The average Bonchev–Trinajstić information content (AvgIpc) is 2.85. The Kier molecular flexibility index (Phi) is 4.99. The molecule has 21 heavy (non-hydrogen) atoms. The molecule has 0 aromatic carbocycles. The Morgan fingerprint density at radius 3 is 2.71 bits per heavy atom. The van der Waals surface area contributed by atoms with Crippen molar-refractivity contribution in [2.24, 2.45) is 0 Å². The zero-order valence-corrected chi connectivity index (χ0v) is 12.6. The molecular weight excluding hydrogens is 294 g/mol. The van der Waals surface area contributed by atoms with E-state index in [0.29, 0.717) is 24.7 Å². The van der Waals surface area contributed by atoms with Gasteiger partial charge in [-0.25, -0.2) is 18.1 Å². The predicted octanol–water partition coefficient (Wildman–Crippen LogP) is 0.0134. The van der Waals surface area contributed by atoms with E-state index in [9.17, 15) is 8.42 Å². The van der Waals surface area contributed by atoms with E-state index in [1.54, 1.807) is 13.0 Å². The van der Waals surface area contributed by atoms with Gasteiger partial charge in [-0.1, -0.05) is 11.2 Å². The number of aromatic nitrogens is 3. The van der Waals surface area contributed by atoms with Gasteiger partial charge in [0.05, 0.1) is 0 Å². The van der Waals surface area contributed by atoms with Crippen molar-refractivity contribution < 1.29 is 12.9 Å². The Morgan fingerprint density at radius 2 is 2.14 bits per heavy atom. The van der Waals surface area contributed by atoms with Crippen LogP contribution in [-0.4, -0.2) is 37.1 Å². The molecule has 9 heteroatoms. The number of hydrogen-bond acceptors (Lipinski definition) is 7. The second-order valence-electron chi connectivity index (χ2n) is 4.42. The fourth-order valence-electron chi connectivity index (χ4n) is 1.69. The number of pyridine rings is 1. The Morgan fingerprint density at radius 1 is 1.33 bits per heavy atom. The van der Waals surface area contributed by atoms with Crippen LogP contribution in [0, 0.1) is 6.92 Å². The molecule has 0 saturated carbocycles. The number of hydrogen-bond donors (Lipinski definition) is 2. The summed E-state index contributed by atoms with van der Waals surface area (Å²) in [5, 5.41) is 6.59. The van der Waals surface area contributed by atoms with Gasteiger partial charge in [0, 0.05) is 25.7 Å². The van der Waals surface area contributed by atoms with Gasteiger partial charge in [0.25, 0.3) is 10.0 Å². The van der Waals surface area contributed by atoms with Gasteiger partial charge in [0.1, 0.15) is 0 Å². The molecule has 0 radical (unpaired) electrons. The molecule has 0 fully saturated rings. The van der Waals surface area contributed by atoms with E-state index >= 15 is 0 Å². The molecular formula is C12H17N5O3S. The van der Waals surface area contributed by atoms with Gasteiger partial charge in [-0.3, -0.25) is 0 Å². The summed E-state index contributed by atoms with van der Waals surface area (Å²) in [5.74, 6) is 0.919. The molecule has 0 amide bonds. The highest BCUT2D eigenvalue weighted by Crippen LogP contribution is 2.06. The molecule has 114 valence electrons. The van der Waals surface area contributed by atoms with Gasteiger partial charge in [0.15, 0.2) is 10.9 Å². The highest BCUT2D eigenvalue weighted by atomic mass is 32.2. The van der Waals surface area contributed by atoms with Crippen molar-refractivity contribution in [3.8, 4) is 0 Å². The van der Waals surface area contributed by atoms with Crippen LogP contribution in [0.3, 0.4) is 0 Å². The van der Waals surface area contributed by atoms with Crippen molar-refractivity contribution in [1.82, 2.24) is 25.2 Å². The van der Waals surface area contributed by atoms with Crippen molar-refractivity contribution in [3.05, 3.63) is 35.6 Å². The summed E-state index contributed by atoms with van der Waals surface area (Å²) in [6.45, 7) is 2.51. The lowest BCUT2D eigenvalue weighted by atomic mass is 10.3. The maximum atomic E-state index is 12.0. The van der Waals surface area contributed by atoms with Crippen LogP contribution in [-0.2, 0) is 23.0 Å². The monoisotopic (exact) mass is 311 g/mol. The van der Waals surface area contributed by atoms with Gasteiger partial charge >= 0.3 is 0 Å². The van der Waals surface area contributed by atoms with E-state index in [0.717, 1.165) is 5.56 Å². The number of aryl methyl sites for hydroxylation is 1. The predicted molar refractivity (Wildman–Crippen MR) is 74.9 cm³/mol. The van der Waals surface area contributed by atoms with Crippen molar-refractivity contribution in [2.75, 3.05) is 13.6 Å². The normalized spacial score (nSPS) is 11.7. The van der Waals surface area contributed by atoms with Crippen molar-refractivity contribution in [1.29, 1.82) is 0 Å². The molecule has 8 nitrogen and oxygen atoms in total. The number of nitrogens with zero attached hydrogens (tertiary/aromatic N) is 3. The number of sulfonamides is 1. The Bertz CT molecular complexity index is 681. The van der Waals surface area contributed by atoms with Crippen LogP contribution in [0.15, 0.2) is 27.9 Å². The Labute approximate surface area is 123 Å². The molecule has 0 saturated heterocycles. The minimum Gasteiger partial charge on any atom is -0.339 e. The first-order valence-electron chi connectivity index (χ1n) is 6.39. The highest BCUT2D eigenvalue weighted by Gasteiger charge is 2.15. The lowest BCUT2D eigenvalue weighted by Gasteiger charge is -2.05. The topological polar surface area (TPSA) is 110 Å². The zero-order chi connectivity index (χ0) is 15.3. The van der Waals surface area contributed by atoms with Crippen LogP contribution in [0.4, 0.5) is 0 Å². The highest BCUT2D eigenvalue weighted by molar-refractivity contribution is 7.89. The SMILES string of the molecule is CNCc1ccc(S(=O)(=O)NCCc2nc(C)no2)nc1. The minimum atomic E-state index is -3.63. The Hall–Kier alpha value is -1.84.